The van der Waals surface area contributed by atoms with Crippen molar-refractivity contribution in [2.45, 2.75) is 25.8 Å². The van der Waals surface area contributed by atoms with Crippen LogP contribution < -0.4 is 5.32 Å². The number of benzene rings is 2. The molecule has 1 unspecified atom stereocenters. The molecular weight excluding hydrogens is 416 g/mol. The first kappa shape index (κ1) is 17.1. The summed E-state index contributed by atoms with van der Waals surface area (Å²) in [4.78, 5) is 0. The van der Waals surface area contributed by atoms with Gasteiger partial charge in [0.2, 0.25) is 0 Å². The molecule has 0 radical (unpaired) electrons. The molecule has 0 aliphatic heterocycles. The zero-order valence-corrected chi connectivity index (χ0v) is 15.5. The van der Waals surface area contributed by atoms with Gasteiger partial charge in [0.15, 0.2) is 0 Å². The minimum absolute atomic E-state index is 0.222. The number of rotatable bonds is 6. The van der Waals surface area contributed by atoms with Gasteiger partial charge in [-0.15, -0.1) is 0 Å². The maximum absolute atomic E-state index is 6.31. The fourth-order valence-electron chi connectivity index (χ4n) is 2.25. The average molecular weight is 434 g/mol. The van der Waals surface area contributed by atoms with Gasteiger partial charge < -0.3 is 5.32 Å². The molecule has 1 atom stereocenters. The first-order valence-corrected chi connectivity index (χ1v) is 8.87. The summed E-state index contributed by atoms with van der Waals surface area (Å²) in [6, 6.07) is 14.5. The van der Waals surface area contributed by atoms with E-state index in [2.05, 4.69) is 59.1 Å². The molecule has 0 heterocycles. The average Bonchev–Trinajstić information content (AvgIpc) is 2.47. The maximum atomic E-state index is 6.31. The van der Waals surface area contributed by atoms with E-state index in [-0.39, 0.29) is 6.04 Å². The number of halogens is 3. The Bertz CT molecular complexity index is 564. The second kappa shape index (κ2) is 8.37. The summed E-state index contributed by atoms with van der Waals surface area (Å²) in [6.45, 7) is 3.14. The minimum atomic E-state index is 0.222. The number of hydrogen-bond acceptors (Lipinski definition) is 1. The van der Waals surface area contributed by atoms with Crippen LogP contribution in [0.15, 0.2) is 42.5 Å². The lowest BCUT2D eigenvalue weighted by atomic mass is 9.98. The smallest absolute Gasteiger partial charge is 0.0453 e. The number of nitrogens with one attached hydrogen (secondary N) is 1. The standard InChI is InChI=1S/C17H18Cl2IN/c1-2-10-21-17(12-6-8-13(20)9-7-12)11-14-15(18)4-3-5-16(14)19/h3-9,17,21H,2,10-11H2,1H3. The molecule has 0 spiro atoms. The van der Waals surface area contributed by atoms with Crippen LogP contribution >= 0.6 is 45.8 Å². The van der Waals surface area contributed by atoms with E-state index in [9.17, 15) is 0 Å². The van der Waals surface area contributed by atoms with E-state index < -0.39 is 0 Å². The van der Waals surface area contributed by atoms with Crippen LogP contribution in [0.1, 0.15) is 30.5 Å². The van der Waals surface area contributed by atoms with Crippen LogP contribution in [0.4, 0.5) is 0 Å². The third-order valence-electron chi connectivity index (χ3n) is 3.38. The minimum Gasteiger partial charge on any atom is -0.310 e. The Morgan fingerprint density at radius 3 is 2.24 bits per heavy atom. The molecule has 0 aliphatic carbocycles. The fourth-order valence-corrected chi connectivity index (χ4v) is 3.16. The summed E-state index contributed by atoms with van der Waals surface area (Å²) in [5.41, 5.74) is 2.27. The second-order valence-electron chi connectivity index (χ2n) is 4.96. The normalized spacial score (nSPS) is 12.4. The first-order valence-electron chi connectivity index (χ1n) is 7.03. The highest BCUT2D eigenvalue weighted by Gasteiger charge is 2.15. The third kappa shape index (κ3) is 4.85. The van der Waals surface area contributed by atoms with Gasteiger partial charge in [-0.25, -0.2) is 0 Å². The molecule has 2 rings (SSSR count). The van der Waals surface area contributed by atoms with Crippen molar-refractivity contribution in [2.24, 2.45) is 0 Å². The van der Waals surface area contributed by atoms with Crippen molar-refractivity contribution in [3.05, 3.63) is 67.2 Å². The molecular formula is C17H18Cl2IN. The highest BCUT2D eigenvalue weighted by atomic mass is 127. The zero-order chi connectivity index (χ0) is 15.2. The molecule has 0 saturated carbocycles. The van der Waals surface area contributed by atoms with Crippen LogP contribution in [0.5, 0.6) is 0 Å². The highest BCUT2D eigenvalue weighted by Crippen LogP contribution is 2.29. The summed E-state index contributed by atoms with van der Waals surface area (Å²) in [6.07, 6.45) is 1.89. The lowest BCUT2D eigenvalue weighted by Crippen LogP contribution is -2.24. The van der Waals surface area contributed by atoms with Crippen molar-refractivity contribution in [1.82, 2.24) is 5.32 Å². The largest absolute Gasteiger partial charge is 0.310 e. The van der Waals surface area contributed by atoms with Gasteiger partial charge >= 0.3 is 0 Å². The summed E-state index contributed by atoms with van der Waals surface area (Å²) in [5, 5.41) is 5.05. The van der Waals surface area contributed by atoms with Crippen LogP contribution in [0, 0.1) is 3.57 Å². The number of hydrogen-bond donors (Lipinski definition) is 1. The molecule has 4 heteroatoms. The van der Waals surface area contributed by atoms with Crippen LogP contribution in [-0.4, -0.2) is 6.54 Å². The van der Waals surface area contributed by atoms with Gasteiger partial charge in [0.25, 0.3) is 0 Å². The maximum Gasteiger partial charge on any atom is 0.0453 e. The molecule has 0 bridgehead atoms. The van der Waals surface area contributed by atoms with Gasteiger partial charge in [0, 0.05) is 19.7 Å². The molecule has 0 saturated heterocycles. The van der Waals surface area contributed by atoms with Crippen LogP contribution in [0.25, 0.3) is 0 Å². The highest BCUT2D eigenvalue weighted by molar-refractivity contribution is 14.1. The van der Waals surface area contributed by atoms with E-state index >= 15 is 0 Å². The predicted molar refractivity (Wildman–Crippen MR) is 100 cm³/mol. The van der Waals surface area contributed by atoms with Gasteiger partial charge in [0.05, 0.1) is 0 Å². The second-order valence-corrected chi connectivity index (χ2v) is 7.02. The van der Waals surface area contributed by atoms with Crippen molar-refractivity contribution in [2.75, 3.05) is 6.54 Å². The van der Waals surface area contributed by atoms with E-state index in [0.717, 1.165) is 35.0 Å². The van der Waals surface area contributed by atoms with Crippen molar-refractivity contribution in [3.63, 3.8) is 0 Å². The van der Waals surface area contributed by atoms with Gasteiger partial charge in [0.1, 0.15) is 0 Å². The first-order chi connectivity index (χ1) is 10.1. The quantitative estimate of drug-likeness (QED) is 0.560. The Kier molecular flexibility index (Phi) is 6.80. The Morgan fingerprint density at radius 1 is 1.05 bits per heavy atom. The Morgan fingerprint density at radius 2 is 1.67 bits per heavy atom. The van der Waals surface area contributed by atoms with Crippen molar-refractivity contribution in [3.8, 4) is 0 Å². The molecule has 1 nitrogen and oxygen atoms in total. The molecule has 0 amide bonds. The molecule has 0 aromatic heterocycles. The van der Waals surface area contributed by atoms with E-state index in [0.29, 0.717) is 0 Å². The lowest BCUT2D eigenvalue weighted by Gasteiger charge is -2.20. The summed E-state index contributed by atoms with van der Waals surface area (Å²) in [7, 11) is 0. The summed E-state index contributed by atoms with van der Waals surface area (Å²) in [5.74, 6) is 0. The van der Waals surface area contributed by atoms with E-state index in [1.54, 1.807) is 0 Å². The van der Waals surface area contributed by atoms with E-state index in [1.807, 2.05) is 18.2 Å². The molecule has 2 aromatic carbocycles. The Labute approximate surface area is 150 Å². The molecule has 2 aromatic rings. The Balaban J connectivity index is 2.26. The monoisotopic (exact) mass is 433 g/mol. The van der Waals surface area contributed by atoms with Gasteiger partial charge in [-0.3, -0.25) is 0 Å². The molecule has 0 fully saturated rings. The van der Waals surface area contributed by atoms with Gasteiger partial charge in [-0.2, -0.15) is 0 Å². The zero-order valence-electron chi connectivity index (χ0n) is 11.9. The van der Waals surface area contributed by atoms with Crippen molar-refractivity contribution < 1.29 is 0 Å². The summed E-state index contributed by atoms with van der Waals surface area (Å²) < 4.78 is 1.24. The van der Waals surface area contributed by atoms with E-state index in [1.165, 1.54) is 9.13 Å². The van der Waals surface area contributed by atoms with Crippen LogP contribution in [-0.2, 0) is 6.42 Å². The fraction of sp³-hybridized carbons (Fsp3) is 0.294. The van der Waals surface area contributed by atoms with Gasteiger partial charge in [-0.1, -0.05) is 48.3 Å². The van der Waals surface area contributed by atoms with Crippen molar-refractivity contribution in [1.29, 1.82) is 0 Å². The van der Waals surface area contributed by atoms with Crippen LogP contribution in [0.3, 0.4) is 0 Å². The van der Waals surface area contributed by atoms with Gasteiger partial charge in [-0.05, 0) is 77.4 Å². The van der Waals surface area contributed by atoms with Crippen LogP contribution in [0.2, 0.25) is 10.0 Å². The van der Waals surface area contributed by atoms with E-state index in [4.69, 9.17) is 23.2 Å². The molecule has 1 N–H and O–H groups in total. The lowest BCUT2D eigenvalue weighted by molar-refractivity contribution is 0.529. The molecule has 112 valence electrons. The summed E-state index contributed by atoms with van der Waals surface area (Å²) >= 11 is 14.9. The van der Waals surface area contributed by atoms with Crippen molar-refractivity contribution >= 4 is 45.8 Å². The topological polar surface area (TPSA) is 12.0 Å². The molecule has 0 aliphatic rings. The molecule has 21 heavy (non-hydrogen) atoms. The Hall–Kier alpha value is -0.290. The third-order valence-corrected chi connectivity index (χ3v) is 4.81. The predicted octanol–water partition coefficient (Wildman–Crippen LogP) is 5.88. The SMILES string of the molecule is CCCNC(Cc1c(Cl)cccc1Cl)c1ccc(I)cc1.